The van der Waals surface area contributed by atoms with Crippen molar-refractivity contribution in [3.8, 4) is 17.4 Å². The largest absolute Gasteiger partial charge is 0.493 e. The van der Waals surface area contributed by atoms with Crippen LogP contribution in [0.15, 0.2) is 58.1 Å². The van der Waals surface area contributed by atoms with Gasteiger partial charge in [-0.3, -0.25) is 0 Å². The summed E-state index contributed by atoms with van der Waals surface area (Å²) < 4.78 is 15.7. The third-order valence-corrected chi connectivity index (χ3v) is 5.37. The van der Waals surface area contributed by atoms with Gasteiger partial charge in [-0.25, -0.2) is 4.68 Å². The predicted octanol–water partition coefficient (Wildman–Crippen LogP) is 4.62. The average molecular weight is 495 g/mol. The van der Waals surface area contributed by atoms with Crippen molar-refractivity contribution in [2.24, 2.45) is 5.10 Å². The number of methoxy groups -OCH3 is 1. The number of nitrogens with zero attached hydrogens (tertiary/aromatic N) is 6. The summed E-state index contributed by atoms with van der Waals surface area (Å²) in [5.41, 5.74) is 3.76. The monoisotopic (exact) mass is 494 g/mol. The molecule has 0 aliphatic carbocycles. The maximum Gasteiger partial charge on any atom is 0.273 e. The first kappa shape index (κ1) is 21.8. The van der Waals surface area contributed by atoms with Gasteiger partial charge in [-0.2, -0.15) is 14.9 Å². The lowest BCUT2D eigenvalue weighted by Gasteiger charge is -2.13. The smallest absolute Gasteiger partial charge is 0.273 e. The minimum absolute atomic E-state index is 0.440. The van der Waals surface area contributed by atoms with Gasteiger partial charge < -0.3 is 9.47 Å². The van der Waals surface area contributed by atoms with E-state index in [2.05, 4.69) is 36.3 Å². The molecule has 0 radical (unpaired) electrons. The average Bonchev–Trinajstić information content (AvgIpc) is 3.32. The van der Waals surface area contributed by atoms with Crippen LogP contribution in [0.5, 0.6) is 11.5 Å². The van der Waals surface area contributed by atoms with Crippen LogP contribution in [0, 0.1) is 20.8 Å². The highest BCUT2D eigenvalue weighted by Gasteiger charge is 2.15. The first-order valence-electron chi connectivity index (χ1n) is 10.0. The van der Waals surface area contributed by atoms with Crippen LogP contribution in [0.25, 0.3) is 5.95 Å². The maximum atomic E-state index is 6.01. The van der Waals surface area contributed by atoms with E-state index in [4.69, 9.17) is 9.47 Å². The SMILES string of the molecule is COc1cc(/C=N\n2c(C)nnc2-n2nc(C)cc2C)cc(Br)c1OCc1ccccc1. The van der Waals surface area contributed by atoms with Gasteiger partial charge in [-0.15, -0.1) is 10.2 Å². The van der Waals surface area contributed by atoms with Crippen molar-refractivity contribution < 1.29 is 9.47 Å². The molecule has 0 saturated heterocycles. The number of hydrogen-bond donors (Lipinski definition) is 0. The molecule has 2 heterocycles. The zero-order valence-electron chi connectivity index (χ0n) is 18.3. The van der Waals surface area contributed by atoms with Gasteiger partial charge in [0.2, 0.25) is 0 Å². The Morgan fingerprint density at radius 1 is 1.06 bits per heavy atom. The molecule has 0 fully saturated rings. The van der Waals surface area contributed by atoms with E-state index < -0.39 is 0 Å². The topological polar surface area (TPSA) is 79.4 Å². The minimum Gasteiger partial charge on any atom is -0.493 e. The van der Waals surface area contributed by atoms with Crippen LogP contribution in [0.1, 0.15) is 28.3 Å². The number of aryl methyl sites for hydroxylation is 3. The highest BCUT2D eigenvalue weighted by Crippen LogP contribution is 2.37. The van der Waals surface area contributed by atoms with Crippen molar-refractivity contribution in [1.29, 1.82) is 0 Å². The standard InChI is InChI=1S/C23H23BrN6O2/c1-15-10-16(2)29(28-15)23-27-26-17(3)30(23)25-13-19-11-20(24)22(21(12-19)31-4)32-14-18-8-6-5-7-9-18/h5-13H,14H2,1-4H3/b25-13-. The quantitative estimate of drug-likeness (QED) is 0.350. The van der Waals surface area contributed by atoms with E-state index in [-0.39, 0.29) is 0 Å². The van der Waals surface area contributed by atoms with Crippen molar-refractivity contribution >= 4 is 22.1 Å². The molecule has 2 aromatic carbocycles. The second kappa shape index (κ2) is 9.35. The lowest BCUT2D eigenvalue weighted by molar-refractivity contribution is 0.282. The minimum atomic E-state index is 0.440. The van der Waals surface area contributed by atoms with E-state index in [9.17, 15) is 0 Å². The summed E-state index contributed by atoms with van der Waals surface area (Å²) in [5, 5.41) is 17.5. The molecule has 0 amide bonds. The summed E-state index contributed by atoms with van der Waals surface area (Å²) in [6, 6.07) is 15.8. The van der Waals surface area contributed by atoms with Crippen molar-refractivity contribution in [3.63, 3.8) is 0 Å². The molecule has 9 heteroatoms. The van der Waals surface area contributed by atoms with Gasteiger partial charge in [0.25, 0.3) is 5.95 Å². The number of halogens is 1. The van der Waals surface area contributed by atoms with E-state index >= 15 is 0 Å². The molecule has 0 aliphatic rings. The summed E-state index contributed by atoms with van der Waals surface area (Å²) in [7, 11) is 1.61. The van der Waals surface area contributed by atoms with Crippen LogP contribution in [0.3, 0.4) is 0 Å². The van der Waals surface area contributed by atoms with Gasteiger partial charge in [0.1, 0.15) is 6.61 Å². The predicted molar refractivity (Wildman–Crippen MR) is 126 cm³/mol. The zero-order chi connectivity index (χ0) is 22.7. The zero-order valence-corrected chi connectivity index (χ0v) is 19.9. The molecule has 0 unspecified atom stereocenters. The molecule has 0 bridgehead atoms. The van der Waals surface area contributed by atoms with Crippen LogP contribution < -0.4 is 9.47 Å². The fourth-order valence-corrected chi connectivity index (χ4v) is 3.83. The number of ether oxygens (including phenoxy) is 2. The molecule has 8 nitrogen and oxygen atoms in total. The van der Waals surface area contributed by atoms with Crippen LogP contribution >= 0.6 is 15.9 Å². The Morgan fingerprint density at radius 3 is 2.53 bits per heavy atom. The fourth-order valence-electron chi connectivity index (χ4n) is 3.25. The lowest BCUT2D eigenvalue weighted by atomic mass is 10.2. The number of rotatable bonds is 7. The number of benzene rings is 2. The van der Waals surface area contributed by atoms with E-state index in [0.717, 1.165) is 27.0 Å². The van der Waals surface area contributed by atoms with E-state index in [0.29, 0.717) is 29.9 Å². The fraction of sp³-hybridized carbons (Fsp3) is 0.217. The second-order valence-corrected chi connectivity index (χ2v) is 8.11. The third kappa shape index (κ3) is 4.57. The molecule has 4 rings (SSSR count). The molecular formula is C23H23BrN6O2. The van der Waals surface area contributed by atoms with Crippen LogP contribution in [0.4, 0.5) is 0 Å². The van der Waals surface area contributed by atoms with Crippen molar-refractivity contribution in [1.82, 2.24) is 24.7 Å². The Labute approximate surface area is 194 Å². The van der Waals surface area contributed by atoms with Crippen molar-refractivity contribution in [2.45, 2.75) is 27.4 Å². The molecule has 0 atom stereocenters. The summed E-state index contributed by atoms with van der Waals surface area (Å²) in [4.78, 5) is 0. The molecular weight excluding hydrogens is 472 g/mol. The second-order valence-electron chi connectivity index (χ2n) is 7.25. The van der Waals surface area contributed by atoms with E-state index in [1.165, 1.54) is 0 Å². The van der Waals surface area contributed by atoms with Gasteiger partial charge in [0, 0.05) is 5.69 Å². The Balaban J connectivity index is 1.61. The highest BCUT2D eigenvalue weighted by molar-refractivity contribution is 9.10. The summed E-state index contributed by atoms with van der Waals surface area (Å²) >= 11 is 3.60. The summed E-state index contributed by atoms with van der Waals surface area (Å²) in [6.07, 6.45) is 1.72. The highest BCUT2D eigenvalue weighted by atomic mass is 79.9. The molecule has 4 aromatic rings. The van der Waals surface area contributed by atoms with Crippen LogP contribution in [0.2, 0.25) is 0 Å². The summed E-state index contributed by atoms with van der Waals surface area (Å²) in [6.45, 7) is 6.19. The summed E-state index contributed by atoms with van der Waals surface area (Å²) in [5.74, 6) is 2.42. The Kier molecular flexibility index (Phi) is 6.36. The molecule has 32 heavy (non-hydrogen) atoms. The van der Waals surface area contributed by atoms with Crippen LogP contribution in [-0.4, -0.2) is 38.0 Å². The first-order valence-corrected chi connectivity index (χ1v) is 10.8. The number of hydrogen-bond acceptors (Lipinski definition) is 6. The van der Waals surface area contributed by atoms with E-state index in [1.807, 2.05) is 69.3 Å². The van der Waals surface area contributed by atoms with Gasteiger partial charge in [0.05, 0.1) is 23.5 Å². The van der Waals surface area contributed by atoms with Crippen molar-refractivity contribution in [2.75, 3.05) is 7.11 Å². The van der Waals surface area contributed by atoms with Gasteiger partial charge in [-0.05, 0) is 66.0 Å². The third-order valence-electron chi connectivity index (χ3n) is 4.78. The number of aromatic nitrogens is 5. The molecule has 0 aliphatic heterocycles. The Hall–Kier alpha value is -3.46. The molecule has 2 aromatic heterocycles. The normalized spacial score (nSPS) is 11.3. The molecule has 0 saturated carbocycles. The molecule has 164 valence electrons. The molecule has 0 N–H and O–H groups in total. The first-order chi connectivity index (χ1) is 15.5. The maximum absolute atomic E-state index is 6.01. The molecule has 0 spiro atoms. The van der Waals surface area contributed by atoms with Crippen LogP contribution in [-0.2, 0) is 6.61 Å². The van der Waals surface area contributed by atoms with Crippen molar-refractivity contribution in [3.05, 3.63) is 81.3 Å². The van der Waals surface area contributed by atoms with Gasteiger partial charge in [0.15, 0.2) is 17.3 Å². The lowest BCUT2D eigenvalue weighted by Crippen LogP contribution is -2.08. The Morgan fingerprint density at radius 2 is 1.84 bits per heavy atom. The Bertz CT molecular complexity index is 1260. The van der Waals surface area contributed by atoms with Gasteiger partial charge >= 0.3 is 0 Å². The van der Waals surface area contributed by atoms with E-state index in [1.54, 1.807) is 22.7 Å². The van der Waals surface area contributed by atoms with Gasteiger partial charge in [-0.1, -0.05) is 30.3 Å².